The van der Waals surface area contributed by atoms with Gasteiger partial charge in [-0.3, -0.25) is 0 Å². The number of ether oxygens (including phenoxy) is 1. The number of aromatic nitrogens is 3. The summed E-state index contributed by atoms with van der Waals surface area (Å²) in [6.07, 6.45) is 2.07. The summed E-state index contributed by atoms with van der Waals surface area (Å²) in [5.41, 5.74) is 8.60. The fourth-order valence-electron chi connectivity index (χ4n) is 2.97. The van der Waals surface area contributed by atoms with Gasteiger partial charge in [-0.05, 0) is 24.0 Å². The number of hydrogen-bond donors (Lipinski definition) is 1. The van der Waals surface area contributed by atoms with E-state index in [9.17, 15) is 0 Å². The van der Waals surface area contributed by atoms with Crippen LogP contribution in [0.25, 0.3) is 0 Å². The van der Waals surface area contributed by atoms with Crippen molar-refractivity contribution in [3.05, 3.63) is 47.0 Å². The maximum Gasteiger partial charge on any atom is 0.146 e. The van der Waals surface area contributed by atoms with Gasteiger partial charge in [0.15, 0.2) is 0 Å². The molecule has 20 heavy (non-hydrogen) atoms. The Kier molecular flexibility index (Phi) is 3.80. The summed E-state index contributed by atoms with van der Waals surface area (Å²) in [6.45, 7) is 1.83. The first kappa shape index (κ1) is 13.3. The van der Waals surface area contributed by atoms with Gasteiger partial charge in [0.25, 0.3) is 0 Å². The highest BCUT2D eigenvalue weighted by atomic mass is 16.5. The zero-order valence-electron chi connectivity index (χ0n) is 11.7. The van der Waals surface area contributed by atoms with Crippen LogP contribution >= 0.6 is 0 Å². The molecule has 0 bridgehead atoms. The lowest BCUT2D eigenvalue weighted by molar-refractivity contribution is 0.185. The molecule has 0 aliphatic heterocycles. The van der Waals surface area contributed by atoms with Gasteiger partial charge < -0.3 is 15.0 Å². The van der Waals surface area contributed by atoms with Crippen molar-refractivity contribution in [2.45, 2.75) is 31.8 Å². The third-order valence-electron chi connectivity index (χ3n) is 3.97. The van der Waals surface area contributed by atoms with Crippen molar-refractivity contribution in [2.24, 2.45) is 5.73 Å². The highest BCUT2D eigenvalue weighted by Gasteiger charge is 2.27. The summed E-state index contributed by atoms with van der Waals surface area (Å²) in [5.74, 6) is 2.28. The minimum Gasteiger partial charge on any atom is -0.383 e. The van der Waals surface area contributed by atoms with Gasteiger partial charge in [-0.1, -0.05) is 24.3 Å². The van der Waals surface area contributed by atoms with E-state index in [1.165, 1.54) is 11.1 Å². The van der Waals surface area contributed by atoms with E-state index in [0.717, 1.165) is 31.0 Å². The van der Waals surface area contributed by atoms with Gasteiger partial charge in [0.05, 0.1) is 13.2 Å². The molecule has 3 rings (SSSR count). The molecule has 0 fully saturated rings. The number of nitrogens with two attached hydrogens (primary N) is 1. The van der Waals surface area contributed by atoms with Crippen LogP contribution in [0.2, 0.25) is 0 Å². The van der Waals surface area contributed by atoms with Crippen LogP contribution < -0.4 is 5.73 Å². The largest absolute Gasteiger partial charge is 0.383 e. The Morgan fingerprint density at radius 1 is 1.25 bits per heavy atom. The van der Waals surface area contributed by atoms with Gasteiger partial charge in [-0.15, -0.1) is 10.2 Å². The van der Waals surface area contributed by atoms with Crippen molar-refractivity contribution in [3.63, 3.8) is 0 Å². The normalized spacial score (nSPS) is 14.7. The van der Waals surface area contributed by atoms with Crippen LogP contribution in [0.1, 0.15) is 28.7 Å². The van der Waals surface area contributed by atoms with E-state index in [2.05, 4.69) is 39.0 Å². The van der Waals surface area contributed by atoms with Crippen LogP contribution in [0.15, 0.2) is 24.3 Å². The van der Waals surface area contributed by atoms with Crippen molar-refractivity contribution < 1.29 is 4.74 Å². The quantitative estimate of drug-likeness (QED) is 0.890. The first-order chi connectivity index (χ1) is 9.83. The van der Waals surface area contributed by atoms with E-state index >= 15 is 0 Å². The molecule has 5 nitrogen and oxygen atoms in total. The minimum absolute atomic E-state index is 0.400. The molecule has 0 saturated heterocycles. The van der Waals surface area contributed by atoms with Crippen molar-refractivity contribution in [1.29, 1.82) is 0 Å². The second kappa shape index (κ2) is 5.73. The molecule has 0 saturated carbocycles. The summed E-state index contributed by atoms with van der Waals surface area (Å²) in [6, 6.07) is 8.61. The number of benzene rings is 1. The van der Waals surface area contributed by atoms with Gasteiger partial charge in [0.1, 0.15) is 11.6 Å². The summed E-state index contributed by atoms with van der Waals surface area (Å²) < 4.78 is 7.30. The second-order valence-corrected chi connectivity index (χ2v) is 5.20. The SMILES string of the molecule is COCCn1c(CN)nnc1C1Cc2ccccc2C1. The highest BCUT2D eigenvalue weighted by Crippen LogP contribution is 2.33. The molecular formula is C15H20N4O. The van der Waals surface area contributed by atoms with Crippen molar-refractivity contribution in [1.82, 2.24) is 14.8 Å². The Labute approximate surface area is 118 Å². The third kappa shape index (κ3) is 2.34. The van der Waals surface area contributed by atoms with Crippen LogP contribution in [-0.2, 0) is 30.7 Å². The van der Waals surface area contributed by atoms with E-state index in [1.807, 2.05) is 0 Å². The lowest BCUT2D eigenvalue weighted by Gasteiger charge is -2.13. The highest BCUT2D eigenvalue weighted by molar-refractivity contribution is 5.35. The van der Waals surface area contributed by atoms with Gasteiger partial charge >= 0.3 is 0 Å². The number of hydrogen-bond acceptors (Lipinski definition) is 4. The summed E-state index contributed by atoms with van der Waals surface area (Å²) in [5, 5.41) is 8.61. The summed E-state index contributed by atoms with van der Waals surface area (Å²) >= 11 is 0. The van der Waals surface area contributed by atoms with E-state index < -0.39 is 0 Å². The van der Waals surface area contributed by atoms with E-state index in [0.29, 0.717) is 19.1 Å². The number of nitrogens with zero attached hydrogens (tertiary/aromatic N) is 3. The van der Waals surface area contributed by atoms with Crippen molar-refractivity contribution in [2.75, 3.05) is 13.7 Å². The number of fused-ring (bicyclic) bond motifs is 1. The topological polar surface area (TPSA) is 66.0 Å². The van der Waals surface area contributed by atoms with Crippen LogP contribution in [0.5, 0.6) is 0 Å². The van der Waals surface area contributed by atoms with Crippen LogP contribution in [0.3, 0.4) is 0 Å². The summed E-state index contributed by atoms with van der Waals surface area (Å²) in [4.78, 5) is 0. The smallest absolute Gasteiger partial charge is 0.146 e. The Morgan fingerprint density at radius 2 is 1.95 bits per heavy atom. The van der Waals surface area contributed by atoms with Crippen LogP contribution in [0, 0.1) is 0 Å². The molecule has 2 N–H and O–H groups in total. The Hall–Kier alpha value is -1.72. The predicted molar refractivity (Wildman–Crippen MR) is 76.4 cm³/mol. The van der Waals surface area contributed by atoms with Crippen LogP contribution in [0.4, 0.5) is 0 Å². The molecule has 0 unspecified atom stereocenters. The van der Waals surface area contributed by atoms with Crippen molar-refractivity contribution >= 4 is 0 Å². The average molecular weight is 272 g/mol. The molecule has 0 spiro atoms. The molecule has 0 amide bonds. The first-order valence-corrected chi connectivity index (χ1v) is 7.01. The fourth-order valence-corrected chi connectivity index (χ4v) is 2.97. The number of rotatable bonds is 5. The Bertz CT molecular complexity index is 568. The second-order valence-electron chi connectivity index (χ2n) is 5.20. The molecule has 5 heteroatoms. The monoisotopic (exact) mass is 272 g/mol. The zero-order chi connectivity index (χ0) is 13.9. The van der Waals surface area contributed by atoms with Gasteiger partial charge in [0, 0.05) is 19.6 Å². The molecule has 0 radical (unpaired) electrons. The zero-order valence-corrected chi connectivity index (χ0v) is 11.7. The molecule has 0 atom stereocenters. The predicted octanol–water partition coefficient (Wildman–Crippen LogP) is 1.27. The van der Waals surface area contributed by atoms with Gasteiger partial charge in [-0.2, -0.15) is 0 Å². The molecule has 2 aromatic rings. The maximum atomic E-state index is 5.75. The van der Waals surface area contributed by atoms with E-state index in [1.54, 1.807) is 7.11 Å². The Morgan fingerprint density at radius 3 is 2.55 bits per heavy atom. The lowest BCUT2D eigenvalue weighted by atomic mass is 10.1. The van der Waals surface area contributed by atoms with Gasteiger partial charge in [0.2, 0.25) is 0 Å². The molecule has 1 aromatic heterocycles. The van der Waals surface area contributed by atoms with Crippen LogP contribution in [-0.4, -0.2) is 28.5 Å². The maximum absolute atomic E-state index is 5.75. The molecular weight excluding hydrogens is 252 g/mol. The minimum atomic E-state index is 0.400. The summed E-state index contributed by atoms with van der Waals surface area (Å²) in [7, 11) is 1.71. The molecule has 1 aliphatic carbocycles. The average Bonchev–Trinajstić information content (AvgIpc) is 3.07. The number of methoxy groups -OCH3 is 1. The third-order valence-corrected chi connectivity index (χ3v) is 3.97. The lowest BCUT2D eigenvalue weighted by Crippen LogP contribution is -2.16. The molecule has 1 aliphatic rings. The Balaban J connectivity index is 1.86. The van der Waals surface area contributed by atoms with Crippen molar-refractivity contribution in [3.8, 4) is 0 Å². The molecule has 1 aromatic carbocycles. The van der Waals surface area contributed by atoms with E-state index in [4.69, 9.17) is 10.5 Å². The standard InChI is InChI=1S/C15H20N4O/c1-20-7-6-19-14(10-16)17-18-15(19)13-8-11-4-2-3-5-12(11)9-13/h2-5,13H,6-10,16H2,1H3. The van der Waals surface area contributed by atoms with Gasteiger partial charge in [-0.25, -0.2) is 0 Å². The first-order valence-electron chi connectivity index (χ1n) is 7.01. The fraction of sp³-hybridized carbons (Fsp3) is 0.467. The van der Waals surface area contributed by atoms with E-state index in [-0.39, 0.29) is 0 Å². The molecule has 106 valence electrons. The molecule has 1 heterocycles.